The molecule has 6 heteroatoms. The molecule has 0 radical (unpaired) electrons. The number of aromatic carboxylic acids is 1. The topological polar surface area (TPSA) is 55.8 Å². The molecule has 0 fully saturated rings. The van der Waals surface area contributed by atoms with Crippen LogP contribution in [-0.2, 0) is 6.42 Å². The van der Waals surface area contributed by atoms with Crippen molar-refractivity contribution < 1.29 is 19.4 Å². The highest BCUT2D eigenvalue weighted by Crippen LogP contribution is 2.30. The first-order chi connectivity index (χ1) is 10.1. The standard InChI is InChI=1S/C15H15ClO4S/c1-2-10-9-13(14(21-10)15(17)18)20-8-7-19-12-6-4-3-5-11(12)16/h3-6,9H,2,7-8H2,1H3,(H,17,18). The van der Waals surface area contributed by atoms with Gasteiger partial charge in [-0.15, -0.1) is 11.3 Å². The lowest BCUT2D eigenvalue weighted by atomic mass is 10.3. The number of thiophene rings is 1. The van der Waals surface area contributed by atoms with Gasteiger partial charge >= 0.3 is 5.97 Å². The van der Waals surface area contributed by atoms with Crippen molar-refractivity contribution in [3.63, 3.8) is 0 Å². The fourth-order valence-corrected chi connectivity index (χ4v) is 2.79. The third-order valence-electron chi connectivity index (χ3n) is 2.73. The summed E-state index contributed by atoms with van der Waals surface area (Å²) in [6.07, 6.45) is 0.782. The molecule has 1 aromatic carbocycles. The fourth-order valence-electron chi connectivity index (χ4n) is 1.72. The van der Waals surface area contributed by atoms with Gasteiger partial charge in [-0.05, 0) is 24.6 Å². The van der Waals surface area contributed by atoms with Crippen molar-refractivity contribution in [3.05, 3.63) is 45.1 Å². The summed E-state index contributed by atoms with van der Waals surface area (Å²) in [6, 6.07) is 8.93. The first-order valence-corrected chi connectivity index (χ1v) is 7.67. The molecule has 1 aromatic heterocycles. The van der Waals surface area contributed by atoms with E-state index < -0.39 is 5.97 Å². The molecule has 0 saturated carbocycles. The first kappa shape index (κ1) is 15.7. The van der Waals surface area contributed by atoms with Crippen LogP contribution in [0.25, 0.3) is 0 Å². The highest BCUT2D eigenvalue weighted by atomic mass is 35.5. The van der Waals surface area contributed by atoms with Crippen molar-refractivity contribution in [3.8, 4) is 11.5 Å². The van der Waals surface area contributed by atoms with E-state index >= 15 is 0 Å². The van der Waals surface area contributed by atoms with Gasteiger partial charge in [0.25, 0.3) is 0 Å². The van der Waals surface area contributed by atoms with Crippen LogP contribution in [-0.4, -0.2) is 24.3 Å². The second-order valence-electron chi connectivity index (χ2n) is 4.19. The van der Waals surface area contributed by atoms with Crippen LogP contribution in [0, 0.1) is 0 Å². The molecule has 21 heavy (non-hydrogen) atoms. The number of benzene rings is 1. The molecule has 2 rings (SSSR count). The van der Waals surface area contributed by atoms with Gasteiger partial charge in [0.2, 0.25) is 0 Å². The number of hydrogen-bond acceptors (Lipinski definition) is 4. The Balaban J connectivity index is 1.90. The van der Waals surface area contributed by atoms with Gasteiger partial charge in [0.05, 0.1) is 5.02 Å². The van der Waals surface area contributed by atoms with Crippen LogP contribution in [0.15, 0.2) is 30.3 Å². The Hall–Kier alpha value is -1.72. The van der Waals surface area contributed by atoms with Crippen LogP contribution in [0.5, 0.6) is 11.5 Å². The maximum absolute atomic E-state index is 11.1. The molecule has 1 N–H and O–H groups in total. The molecule has 0 amide bonds. The summed E-state index contributed by atoms with van der Waals surface area (Å²) in [4.78, 5) is 12.3. The molecule has 0 saturated heterocycles. The second kappa shape index (κ2) is 7.33. The number of carboxylic acids is 1. The molecule has 112 valence electrons. The first-order valence-electron chi connectivity index (χ1n) is 6.48. The SMILES string of the molecule is CCc1cc(OCCOc2ccccc2Cl)c(C(=O)O)s1. The number of para-hydroxylation sites is 1. The van der Waals surface area contributed by atoms with Crippen molar-refractivity contribution in [1.29, 1.82) is 0 Å². The number of hydrogen-bond donors (Lipinski definition) is 1. The predicted octanol–water partition coefficient (Wildman–Crippen LogP) is 4.12. The number of rotatable bonds is 7. The van der Waals surface area contributed by atoms with Crippen LogP contribution in [0.1, 0.15) is 21.5 Å². The molecular formula is C15H15ClO4S. The zero-order chi connectivity index (χ0) is 15.2. The number of carbonyl (C=O) groups is 1. The van der Waals surface area contributed by atoms with E-state index in [4.69, 9.17) is 26.2 Å². The molecule has 0 bridgehead atoms. The van der Waals surface area contributed by atoms with E-state index in [0.29, 0.717) is 23.1 Å². The molecule has 1 heterocycles. The summed E-state index contributed by atoms with van der Waals surface area (Å²) >= 11 is 7.21. The van der Waals surface area contributed by atoms with Gasteiger partial charge < -0.3 is 14.6 Å². The van der Waals surface area contributed by atoms with E-state index in [9.17, 15) is 4.79 Å². The lowest BCUT2D eigenvalue weighted by Crippen LogP contribution is -2.10. The fraction of sp³-hybridized carbons (Fsp3) is 0.267. The average molecular weight is 327 g/mol. The largest absolute Gasteiger partial charge is 0.488 e. The van der Waals surface area contributed by atoms with Gasteiger partial charge in [0, 0.05) is 4.88 Å². The Morgan fingerprint density at radius 3 is 2.52 bits per heavy atom. The average Bonchev–Trinajstić information content (AvgIpc) is 2.89. The number of ether oxygens (including phenoxy) is 2. The quantitative estimate of drug-likeness (QED) is 0.778. The summed E-state index contributed by atoms with van der Waals surface area (Å²) in [5.74, 6) is 0.00891. The maximum Gasteiger partial charge on any atom is 0.349 e. The summed E-state index contributed by atoms with van der Waals surface area (Å²) < 4.78 is 11.0. The van der Waals surface area contributed by atoms with Gasteiger partial charge in [-0.2, -0.15) is 0 Å². The van der Waals surface area contributed by atoms with Crippen molar-refractivity contribution in [2.24, 2.45) is 0 Å². The Morgan fingerprint density at radius 1 is 1.24 bits per heavy atom. The van der Waals surface area contributed by atoms with Crippen LogP contribution < -0.4 is 9.47 Å². The number of halogens is 1. The smallest absolute Gasteiger partial charge is 0.349 e. The van der Waals surface area contributed by atoms with E-state index in [1.165, 1.54) is 11.3 Å². The molecular weight excluding hydrogens is 312 g/mol. The molecule has 0 unspecified atom stereocenters. The van der Waals surface area contributed by atoms with E-state index in [-0.39, 0.29) is 11.5 Å². The summed E-state index contributed by atoms with van der Waals surface area (Å²) in [6.45, 7) is 2.52. The van der Waals surface area contributed by atoms with Crippen molar-refractivity contribution >= 4 is 28.9 Å². The highest BCUT2D eigenvalue weighted by Gasteiger charge is 2.16. The molecule has 0 atom stereocenters. The van der Waals surface area contributed by atoms with E-state index in [1.54, 1.807) is 18.2 Å². The third kappa shape index (κ3) is 4.12. The maximum atomic E-state index is 11.1. The Kier molecular flexibility index (Phi) is 5.47. The monoisotopic (exact) mass is 326 g/mol. The molecule has 0 aliphatic heterocycles. The summed E-state index contributed by atoms with van der Waals surface area (Å²) in [5.41, 5.74) is 0. The second-order valence-corrected chi connectivity index (χ2v) is 5.74. The number of aryl methyl sites for hydroxylation is 1. The highest BCUT2D eigenvalue weighted by molar-refractivity contribution is 7.14. The van der Waals surface area contributed by atoms with Crippen LogP contribution in [0.2, 0.25) is 5.02 Å². The molecule has 0 spiro atoms. The predicted molar refractivity (Wildman–Crippen MR) is 83.1 cm³/mol. The minimum absolute atomic E-state index is 0.226. The van der Waals surface area contributed by atoms with E-state index in [0.717, 1.165) is 11.3 Å². The van der Waals surface area contributed by atoms with Crippen LogP contribution >= 0.6 is 22.9 Å². The summed E-state index contributed by atoms with van der Waals surface area (Å²) in [7, 11) is 0. The Bertz CT molecular complexity index is 624. The number of carboxylic acid groups (broad SMARTS) is 1. The molecule has 0 aliphatic rings. The Morgan fingerprint density at radius 2 is 1.90 bits per heavy atom. The normalized spacial score (nSPS) is 10.4. The minimum Gasteiger partial charge on any atom is -0.488 e. The van der Waals surface area contributed by atoms with Crippen molar-refractivity contribution in [1.82, 2.24) is 0 Å². The van der Waals surface area contributed by atoms with Gasteiger partial charge in [0.1, 0.15) is 24.7 Å². The molecule has 0 aliphatic carbocycles. The molecule has 2 aromatic rings. The lowest BCUT2D eigenvalue weighted by molar-refractivity contribution is 0.0697. The van der Waals surface area contributed by atoms with Gasteiger partial charge in [-0.1, -0.05) is 30.7 Å². The van der Waals surface area contributed by atoms with Crippen molar-refractivity contribution in [2.45, 2.75) is 13.3 Å². The van der Waals surface area contributed by atoms with Gasteiger partial charge in [-0.25, -0.2) is 4.79 Å². The minimum atomic E-state index is -0.971. The zero-order valence-electron chi connectivity index (χ0n) is 11.5. The van der Waals surface area contributed by atoms with Gasteiger partial charge in [0.15, 0.2) is 4.88 Å². The van der Waals surface area contributed by atoms with Gasteiger partial charge in [-0.3, -0.25) is 0 Å². The molecule has 4 nitrogen and oxygen atoms in total. The van der Waals surface area contributed by atoms with Crippen LogP contribution in [0.3, 0.4) is 0 Å². The van der Waals surface area contributed by atoms with Crippen LogP contribution in [0.4, 0.5) is 0 Å². The van der Waals surface area contributed by atoms with E-state index in [1.807, 2.05) is 19.1 Å². The zero-order valence-corrected chi connectivity index (χ0v) is 13.0. The third-order valence-corrected chi connectivity index (χ3v) is 4.29. The van der Waals surface area contributed by atoms with E-state index in [2.05, 4.69) is 0 Å². The summed E-state index contributed by atoms with van der Waals surface area (Å²) in [5, 5.41) is 9.66. The lowest BCUT2D eigenvalue weighted by Gasteiger charge is -2.09. The van der Waals surface area contributed by atoms with Crippen molar-refractivity contribution in [2.75, 3.05) is 13.2 Å². The Labute approximate surface area is 131 Å².